The molecule has 3 amide bonds. The highest BCUT2D eigenvalue weighted by molar-refractivity contribution is 8.00. The second-order valence-electron chi connectivity index (χ2n) is 10.7. The number of hydrogen-bond donors (Lipinski definition) is 7. The second kappa shape index (κ2) is 13.2. The summed E-state index contributed by atoms with van der Waals surface area (Å²) in [7, 11) is 0. The lowest BCUT2D eigenvalue weighted by molar-refractivity contribution is -0.161. The predicted molar refractivity (Wildman–Crippen MR) is 162 cm³/mol. The van der Waals surface area contributed by atoms with Gasteiger partial charge >= 0.3 is 17.9 Å². The van der Waals surface area contributed by atoms with E-state index in [4.69, 9.17) is 21.0 Å². The van der Waals surface area contributed by atoms with Crippen LogP contribution in [-0.2, 0) is 33.5 Å². The molecule has 3 heterocycles. The van der Waals surface area contributed by atoms with Crippen LogP contribution in [0.4, 0.5) is 10.8 Å². The molecule has 3 atom stereocenters. The number of aliphatic carboxylic acids is 2. The maximum Gasteiger partial charge on any atom is 0.350 e. The van der Waals surface area contributed by atoms with Crippen LogP contribution in [0.1, 0.15) is 29.9 Å². The van der Waals surface area contributed by atoms with Gasteiger partial charge in [0.25, 0.3) is 5.91 Å². The fraction of sp³-hybridized carbons (Fsp3) is 0.385. The number of thiazole rings is 1. The number of anilines is 2. The Morgan fingerprint density at radius 1 is 1.24 bits per heavy atom. The van der Waals surface area contributed by atoms with Crippen LogP contribution in [0.2, 0.25) is 0 Å². The predicted octanol–water partition coefficient (Wildman–Crippen LogP) is -0.760. The number of phenols is 1. The summed E-state index contributed by atoms with van der Waals surface area (Å²) in [6.45, 7) is 1.14. The average molecular weight is 680 g/mol. The van der Waals surface area contributed by atoms with Gasteiger partial charge in [-0.1, -0.05) is 5.16 Å². The Hall–Kier alpha value is -4.95. The SMILES string of the molecule is CC(C)(ON=C(C(=O)NC1C(=O)N2CC(COC(=O)c3ccc(NC(=O)CN)c(O)c3)(C(=O)O)CS[C@H]12)c1csc(N)n1)C(=O)O. The number of carboxylic acid groups (broad SMARTS) is 2. The molecule has 0 saturated carbocycles. The van der Waals surface area contributed by atoms with Crippen molar-refractivity contribution < 1.29 is 53.7 Å². The standard InChI is InChI=1S/C26H29N7O11S2/c1-25(2,22(39)40)44-32-16(13-7-45-24(28)30-13)18(36)31-17-19(37)33-8-26(23(41)42,10-46-20(17)33)9-43-21(38)11-3-4-12(14(34)5-11)29-15(35)6-27/h3-5,7,17,20,34H,6,8-10,27H2,1-2H3,(H2,28,30)(H,29,35)(H,31,36)(H,39,40)(H,41,42)/t17?,20-,26?/m1/s1. The number of rotatable bonds is 12. The van der Waals surface area contributed by atoms with E-state index >= 15 is 0 Å². The lowest BCUT2D eigenvalue weighted by Crippen LogP contribution is -2.74. The first-order chi connectivity index (χ1) is 21.6. The van der Waals surface area contributed by atoms with Crippen molar-refractivity contribution in [3.8, 4) is 5.75 Å². The highest BCUT2D eigenvalue weighted by Crippen LogP contribution is 2.42. The lowest BCUT2D eigenvalue weighted by Gasteiger charge is -2.53. The molecule has 0 spiro atoms. The molecule has 2 unspecified atom stereocenters. The molecule has 2 aliphatic rings. The number of esters is 1. The van der Waals surface area contributed by atoms with Gasteiger partial charge in [0, 0.05) is 17.7 Å². The van der Waals surface area contributed by atoms with E-state index < -0.39 is 76.1 Å². The van der Waals surface area contributed by atoms with Gasteiger partial charge in [0.1, 0.15) is 34.9 Å². The first-order valence-electron chi connectivity index (χ1n) is 13.3. The fourth-order valence-corrected chi connectivity index (χ4v) is 6.24. The first kappa shape index (κ1) is 33.9. The molecule has 246 valence electrons. The molecule has 2 fully saturated rings. The number of thioether (sulfide) groups is 1. The Kier molecular flexibility index (Phi) is 9.73. The number of carboxylic acids is 2. The molecule has 20 heteroatoms. The summed E-state index contributed by atoms with van der Waals surface area (Å²) in [6.07, 6.45) is 0. The first-order valence-corrected chi connectivity index (χ1v) is 15.2. The quantitative estimate of drug-likeness (QED) is 0.0477. The third-order valence-electron chi connectivity index (χ3n) is 6.92. The number of carbonyl (C=O) groups is 6. The summed E-state index contributed by atoms with van der Waals surface area (Å²) in [5.41, 5.74) is 6.84. The molecule has 2 aliphatic heterocycles. The average Bonchev–Trinajstić information content (AvgIpc) is 3.44. The zero-order valence-corrected chi connectivity index (χ0v) is 25.8. The highest BCUT2D eigenvalue weighted by atomic mass is 32.2. The Morgan fingerprint density at radius 2 is 1.96 bits per heavy atom. The molecule has 1 aromatic carbocycles. The molecule has 1 aromatic heterocycles. The van der Waals surface area contributed by atoms with Gasteiger partial charge in [-0.2, -0.15) is 0 Å². The van der Waals surface area contributed by atoms with Crippen molar-refractivity contribution in [3.63, 3.8) is 0 Å². The largest absolute Gasteiger partial charge is 0.506 e. The zero-order chi connectivity index (χ0) is 34.0. The number of phenolic OH excluding ortho intramolecular Hbond substituents is 1. The van der Waals surface area contributed by atoms with E-state index in [1.807, 2.05) is 0 Å². The number of fused-ring (bicyclic) bond motifs is 1. The molecular formula is C26H29N7O11S2. The van der Waals surface area contributed by atoms with Gasteiger partial charge in [0.2, 0.25) is 17.4 Å². The van der Waals surface area contributed by atoms with Gasteiger partial charge in [-0.3, -0.25) is 19.2 Å². The molecule has 46 heavy (non-hydrogen) atoms. The smallest absolute Gasteiger partial charge is 0.350 e. The van der Waals surface area contributed by atoms with E-state index in [9.17, 15) is 44.1 Å². The minimum Gasteiger partial charge on any atom is -0.506 e. The maximum absolute atomic E-state index is 13.2. The summed E-state index contributed by atoms with van der Waals surface area (Å²) in [4.78, 5) is 84.5. The third-order valence-corrected chi connectivity index (χ3v) is 9.18. The van der Waals surface area contributed by atoms with E-state index in [0.29, 0.717) is 0 Å². The molecular weight excluding hydrogens is 650 g/mol. The fourth-order valence-electron chi connectivity index (χ4n) is 4.17. The number of oxime groups is 1. The zero-order valence-electron chi connectivity index (χ0n) is 24.2. The van der Waals surface area contributed by atoms with E-state index in [1.165, 1.54) is 36.3 Å². The minimum absolute atomic E-state index is 0.00685. The molecule has 2 saturated heterocycles. The molecule has 2 aromatic rings. The topological polar surface area (TPSA) is 286 Å². The van der Waals surface area contributed by atoms with Gasteiger partial charge in [0.05, 0.1) is 17.8 Å². The second-order valence-corrected chi connectivity index (χ2v) is 12.7. The third kappa shape index (κ3) is 6.97. The number of nitrogens with two attached hydrogens (primary N) is 2. The van der Waals surface area contributed by atoms with Gasteiger partial charge in [-0.05, 0) is 32.0 Å². The van der Waals surface area contributed by atoms with Crippen LogP contribution in [0, 0.1) is 5.41 Å². The van der Waals surface area contributed by atoms with Crippen LogP contribution in [0.5, 0.6) is 5.75 Å². The highest BCUT2D eigenvalue weighted by Gasteiger charge is 2.58. The number of aromatic nitrogens is 1. The lowest BCUT2D eigenvalue weighted by atomic mass is 9.88. The van der Waals surface area contributed by atoms with Crippen molar-refractivity contribution in [2.45, 2.75) is 30.9 Å². The van der Waals surface area contributed by atoms with Crippen molar-refractivity contribution >= 4 is 75.3 Å². The van der Waals surface area contributed by atoms with Gasteiger partial charge in [-0.15, -0.1) is 23.1 Å². The number of nitrogens with one attached hydrogen (secondary N) is 2. The number of nitrogens with zero attached hydrogens (tertiary/aromatic N) is 3. The van der Waals surface area contributed by atoms with Crippen molar-refractivity contribution in [2.24, 2.45) is 16.3 Å². The van der Waals surface area contributed by atoms with Gasteiger partial charge in [-0.25, -0.2) is 14.6 Å². The number of nitrogen functional groups attached to an aromatic ring is 1. The van der Waals surface area contributed by atoms with Crippen molar-refractivity contribution in [2.75, 3.05) is 36.5 Å². The Morgan fingerprint density at radius 3 is 2.54 bits per heavy atom. The minimum atomic E-state index is -1.80. The van der Waals surface area contributed by atoms with Crippen molar-refractivity contribution in [1.29, 1.82) is 0 Å². The molecule has 0 bridgehead atoms. The van der Waals surface area contributed by atoms with Crippen LogP contribution in [0.25, 0.3) is 0 Å². The number of amides is 3. The van der Waals surface area contributed by atoms with E-state index in [1.54, 1.807) is 0 Å². The van der Waals surface area contributed by atoms with E-state index in [0.717, 1.165) is 29.2 Å². The maximum atomic E-state index is 13.2. The Balaban J connectivity index is 1.42. The summed E-state index contributed by atoms with van der Waals surface area (Å²) in [6, 6.07) is 2.44. The summed E-state index contributed by atoms with van der Waals surface area (Å²) < 4.78 is 5.27. The molecule has 0 radical (unpaired) electrons. The van der Waals surface area contributed by atoms with Gasteiger partial charge in [0.15, 0.2) is 10.8 Å². The van der Waals surface area contributed by atoms with Crippen LogP contribution < -0.4 is 22.1 Å². The normalized spacial score (nSPS) is 21.0. The monoisotopic (exact) mass is 679 g/mol. The number of benzene rings is 1. The van der Waals surface area contributed by atoms with Crippen LogP contribution in [-0.4, -0.2) is 109 Å². The van der Waals surface area contributed by atoms with Crippen LogP contribution in [0.3, 0.4) is 0 Å². The molecule has 18 nitrogen and oxygen atoms in total. The van der Waals surface area contributed by atoms with Crippen molar-refractivity contribution in [1.82, 2.24) is 15.2 Å². The number of hydrogen-bond acceptors (Lipinski definition) is 15. The number of ether oxygens (including phenoxy) is 1. The summed E-state index contributed by atoms with van der Waals surface area (Å²) >= 11 is 2.03. The molecule has 4 rings (SSSR count). The molecule has 9 N–H and O–H groups in total. The number of carbonyl (C=O) groups excluding carboxylic acids is 4. The van der Waals surface area contributed by atoms with E-state index in [-0.39, 0.29) is 40.9 Å². The Bertz CT molecular complexity index is 1630. The van der Waals surface area contributed by atoms with E-state index in [2.05, 4.69) is 20.8 Å². The van der Waals surface area contributed by atoms with Gasteiger partial charge < -0.3 is 51.9 Å². The number of aromatic hydroxyl groups is 1. The van der Waals surface area contributed by atoms with Crippen LogP contribution >= 0.6 is 23.1 Å². The molecule has 0 aliphatic carbocycles. The Labute approximate surface area is 268 Å². The summed E-state index contributed by atoms with van der Waals surface area (Å²) in [5.74, 6) is -6.29. The number of β-lactam (4-membered cyclic amide) rings is 1. The summed E-state index contributed by atoms with van der Waals surface area (Å²) in [5, 5.41) is 38.9. The van der Waals surface area contributed by atoms with Crippen molar-refractivity contribution in [3.05, 3.63) is 34.8 Å². The van der Waals surface area contributed by atoms with Crippen LogP contribution in [0.15, 0.2) is 28.7 Å².